The van der Waals surface area contributed by atoms with Gasteiger partial charge in [0.25, 0.3) is 0 Å². The Morgan fingerprint density at radius 3 is 2.67 bits per heavy atom. The van der Waals surface area contributed by atoms with Crippen LogP contribution in [0.25, 0.3) is 0 Å². The molecule has 0 aromatic carbocycles. The van der Waals surface area contributed by atoms with Crippen LogP contribution in [0.1, 0.15) is 36.4 Å². The number of aromatic nitrogens is 4. The number of hydrogen-bond donors (Lipinski definition) is 1. The van der Waals surface area contributed by atoms with E-state index < -0.39 is 0 Å². The zero-order valence-electron chi connectivity index (χ0n) is 12.7. The van der Waals surface area contributed by atoms with Gasteiger partial charge in [0, 0.05) is 31.9 Å². The van der Waals surface area contributed by atoms with Gasteiger partial charge >= 0.3 is 0 Å². The van der Waals surface area contributed by atoms with Crippen LogP contribution in [-0.4, -0.2) is 26.5 Å². The summed E-state index contributed by atoms with van der Waals surface area (Å²) in [7, 11) is 1.92. The minimum absolute atomic E-state index is 0.578. The monoisotopic (exact) mass is 284 g/mol. The van der Waals surface area contributed by atoms with E-state index in [1.54, 1.807) is 6.20 Å². The second kappa shape index (κ2) is 6.84. The molecular formula is C15H20N6. The van der Waals surface area contributed by atoms with Crippen molar-refractivity contribution in [1.82, 2.24) is 20.0 Å². The zero-order valence-corrected chi connectivity index (χ0v) is 12.7. The van der Waals surface area contributed by atoms with Gasteiger partial charge in [0.15, 0.2) is 5.82 Å². The van der Waals surface area contributed by atoms with Crippen molar-refractivity contribution in [3.63, 3.8) is 0 Å². The highest BCUT2D eigenvalue weighted by Gasteiger charge is 2.13. The van der Waals surface area contributed by atoms with Crippen molar-refractivity contribution in [3.05, 3.63) is 34.8 Å². The average molecular weight is 284 g/mol. The third kappa shape index (κ3) is 3.19. The molecule has 0 aliphatic carbocycles. The quantitative estimate of drug-likeness (QED) is 0.876. The molecule has 21 heavy (non-hydrogen) atoms. The summed E-state index contributed by atoms with van der Waals surface area (Å²) in [4.78, 5) is 0. The molecule has 2 heterocycles. The minimum Gasteiger partial charge on any atom is -0.367 e. The van der Waals surface area contributed by atoms with Gasteiger partial charge in [-0.1, -0.05) is 13.8 Å². The number of anilines is 1. The maximum atomic E-state index is 9.41. The fraction of sp³-hybridized carbons (Fsp3) is 0.467. The third-order valence-electron chi connectivity index (χ3n) is 3.55. The van der Waals surface area contributed by atoms with Crippen molar-refractivity contribution < 1.29 is 0 Å². The lowest BCUT2D eigenvalue weighted by atomic mass is 10.0. The lowest BCUT2D eigenvalue weighted by molar-refractivity contribution is 0.710. The highest BCUT2D eigenvalue weighted by atomic mass is 15.3. The van der Waals surface area contributed by atoms with Crippen LogP contribution in [0.4, 0.5) is 5.82 Å². The van der Waals surface area contributed by atoms with Crippen LogP contribution >= 0.6 is 0 Å². The molecule has 6 nitrogen and oxygen atoms in total. The first-order chi connectivity index (χ1) is 10.2. The molecule has 110 valence electrons. The summed E-state index contributed by atoms with van der Waals surface area (Å²) in [6.45, 7) is 4.76. The maximum Gasteiger partial charge on any atom is 0.166 e. The largest absolute Gasteiger partial charge is 0.367 e. The van der Waals surface area contributed by atoms with E-state index in [4.69, 9.17) is 0 Å². The molecule has 0 amide bonds. The summed E-state index contributed by atoms with van der Waals surface area (Å²) in [6, 6.07) is 4.24. The SMILES string of the molecule is CCc1nnc(NCCc2ccnn2C)c(C#N)c1CC. The molecule has 2 aromatic heterocycles. The topological polar surface area (TPSA) is 79.4 Å². The molecule has 0 atom stereocenters. The van der Waals surface area contributed by atoms with Gasteiger partial charge in [0.05, 0.1) is 5.69 Å². The van der Waals surface area contributed by atoms with Gasteiger partial charge in [-0.15, -0.1) is 5.10 Å². The maximum absolute atomic E-state index is 9.41. The van der Waals surface area contributed by atoms with Crippen LogP contribution < -0.4 is 5.32 Å². The smallest absolute Gasteiger partial charge is 0.166 e. The van der Waals surface area contributed by atoms with Crippen LogP contribution in [-0.2, 0) is 26.3 Å². The first-order valence-corrected chi connectivity index (χ1v) is 7.20. The van der Waals surface area contributed by atoms with Gasteiger partial charge in [-0.25, -0.2) is 0 Å². The molecule has 0 unspecified atom stereocenters. The Labute approximate surface area is 124 Å². The molecule has 0 fully saturated rings. The highest BCUT2D eigenvalue weighted by Crippen LogP contribution is 2.19. The Hall–Kier alpha value is -2.42. The van der Waals surface area contributed by atoms with Crippen molar-refractivity contribution in [1.29, 1.82) is 5.26 Å². The fourth-order valence-corrected chi connectivity index (χ4v) is 2.37. The molecule has 0 aliphatic heterocycles. The molecule has 0 saturated carbocycles. The van der Waals surface area contributed by atoms with Gasteiger partial charge in [0.2, 0.25) is 0 Å². The van der Waals surface area contributed by atoms with E-state index >= 15 is 0 Å². The zero-order chi connectivity index (χ0) is 15.2. The molecule has 1 N–H and O–H groups in total. The molecule has 0 radical (unpaired) electrons. The molecule has 6 heteroatoms. The normalized spacial score (nSPS) is 10.4. The van der Waals surface area contributed by atoms with Gasteiger partial charge in [-0.3, -0.25) is 4.68 Å². The van der Waals surface area contributed by atoms with Gasteiger partial charge < -0.3 is 5.32 Å². The fourth-order valence-electron chi connectivity index (χ4n) is 2.37. The lowest BCUT2D eigenvalue weighted by Crippen LogP contribution is -2.13. The van der Waals surface area contributed by atoms with E-state index in [0.717, 1.165) is 36.2 Å². The van der Waals surface area contributed by atoms with Crippen molar-refractivity contribution in [2.24, 2.45) is 7.05 Å². The van der Waals surface area contributed by atoms with E-state index in [1.807, 2.05) is 31.6 Å². The van der Waals surface area contributed by atoms with Crippen molar-refractivity contribution in [2.45, 2.75) is 33.1 Å². The Balaban J connectivity index is 2.13. The Kier molecular flexibility index (Phi) is 4.88. The Bertz CT molecular complexity index is 653. The molecular weight excluding hydrogens is 264 g/mol. The molecule has 0 bridgehead atoms. The second-order valence-corrected chi connectivity index (χ2v) is 4.79. The standard InChI is InChI=1S/C15H20N6/c1-4-12-13(10-16)15(20-19-14(12)5-2)17-8-6-11-7-9-18-21(11)3/h7,9H,4-6,8H2,1-3H3,(H,17,20). The van der Waals surface area contributed by atoms with Crippen molar-refractivity contribution in [2.75, 3.05) is 11.9 Å². The third-order valence-corrected chi connectivity index (χ3v) is 3.55. The van der Waals surface area contributed by atoms with Gasteiger partial charge in [0.1, 0.15) is 11.6 Å². The van der Waals surface area contributed by atoms with Crippen LogP contribution in [0.15, 0.2) is 12.3 Å². The van der Waals surface area contributed by atoms with E-state index in [2.05, 4.69) is 26.7 Å². The summed E-state index contributed by atoms with van der Waals surface area (Å²) in [5.41, 5.74) is 3.66. The number of nitrogens with zero attached hydrogens (tertiary/aromatic N) is 5. The first kappa shape index (κ1) is 15.0. The summed E-state index contributed by atoms with van der Waals surface area (Å²) in [5, 5.41) is 25.2. The predicted molar refractivity (Wildman–Crippen MR) is 80.9 cm³/mol. The Morgan fingerprint density at radius 2 is 2.10 bits per heavy atom. The van der Waals surface area contributed by atoms with Crippen LogP contribution in [0.2, 0.25) is 0 Å². The van der Waals surface area contributed by atoms with Crippen LogP contribution in [0.3, 0.4) is 0 Å². The number of nitriles is 1. The number of nitrogens with one attached hydrogen (secondary N) is 1. The first-order valence-electron chi connectivity index (χ1n) is 7.20. The van der Waals surface area contributed by atoms with Crippen molar-refractivity contribution >= 4 is 5.82 Å². The molecule has 0 aliphatic rings. The van der Waals surface area contributed by atoms with E-state index in [9.17, 15) is 5.26 Å². The summed E-state index contributed by atoms with van der Waals surface area (Å²) in [6.07, 6.45) is 4.18. The second-order valence-electron chi connectivity index (χ2n) is 4.79. The van der Waals surface area contributed by atoms with Crippen LogP contribution in [0, 0.1) is 11.3 Å². The lowest BCUT2D eigenvalue weighted by Gasteiger charge is -2.12. The van der Waals surface area contributed by atoms with Gasteiger partial charge in [-0.05, 0) is 24.5 Å². The van der Waals surface area contributed by atoms with Crippen LogP contribution in [0.5, 0.6) is 0 Å². The predicted octanol–water partition coefficient (Wildman–Crippen LogP) is 1.86. The summed E-state index contributed by atoms with van der Waals surface area (Å²) < 4.78 is 1.84. The Morgan fingerprint density at radius 1 is 1.29 bits per heavy atom. The highest BCUT2D eigenvalue weighted by molar-refractivity contribution is 5.56. The molecule has 0 spiro atoms. The average Bonchev–Trinajstić information content (AvgIpc) is 2.91. The van der Waals surface area contributed by atoms with E-state index in [0.29, 0.717) is 17.9 Å². The summed E-state index contributed by atoms with van der Waals surface area (Å²) in [5.74, 6) is 0.578. The molecule has 0 saturated heterocycles. The minimum atomic E-state index is 0.578. The number of rotatable bonds is 6. The number of aryl methyl sites for hydroxylation is 2. The van der Waals surface area contributed by atoms with Crippen molar-refractivity contribution in [3.8, 4) is 6.07 Å². The number of hydrogen-bond acceptors (Lipinski definition) is 5. The molecule has 2 aromatic rings. The molecule has 2 rings (SSSR count). The van der Waals surface area contributed by atoms with E-state index in [-0.39, 0.29) is 0 Å². The van der Waals surface area contributed by atoms with E-state index in [1.165, 1.54) is 0 Å². The summed E-state index contributed by atoms with van der Waals surface area (Å²) >= 11 is 0. The van der Waals surface area contributed by atoms with Gasteiger partial charge in [-0.2, -0.15) is 15.5 Å².